The van der Waals surface area contributed by atoms with E-state index < -0.39 is 0 Å². The highest BCUT2D eigenvalue weighted by atomic mass is 16.3. The van der Waals surface area contributed by atoms with Gasteiger partial charge in [0.05, 0.1) is 0 Å². The predicted molar refractivity (Wildman–Crippen MR) is 98.1 cm³/mol. The van der Waals surface area contributed by atoms with Crippen molar-refractivity contribution in [1.82, 2.24) is 9.88 Å². The number of likely N-dealkylation sites (N-methyl/N-ethyl adjacent to an activating group) is 1. The standard InChI is InChI=1S/C20H20N2O3/c1-13(18-9-8-14(2)25-18)10-20(24)22(3)12-15-11-19(23)21-17-7-5-4-6-16(15)17/h4-11H,12H2,1-3H3,(H,21,23). The van der Waals surface area contributed by atoms with Gasteiger partial charge in [0.15, 0.2) is 0 Å². The molecule has 1 aromatic carbocycles. The molecule has 0 aliphatic heterocycles. The minimum atomic E-state index is -0.174. The summed E-state index contributed by atoms with van der Waals surface area (Å²) in [7, 11) is 1.72. The number of amides is 1. The molecule has 1 amide bonds. The zero-order chi connectivity index (χ0) is 18.0. The molecule has 0 aliphatic carbocycles. The fourth-order valence-corrected chi connectivity index (χ4v) is 2.75. The van der Waals surface area contributed by atoms with Crippen LogP contribution < -0.4 is 5.56 Å². The molecular weight excluding hydrogens is 316 g/mol. The number of para-hydroxylation sites is 1. The number of aromatic nitrogens is 1. The zero-order valence-corrected chi connectivity index (χ0v) is 14.5. The highest BCUT2D eigenvalue weighted by molar-refractivity contribution is 5.94. The van der Waals surface area contributed by atoms with Gasteiger partial charge in [-0.15, -0.1) is 0 Å². The number of rotatable bonds is 4. The summed E-state index contributed by atoms with van der Waals surface area (Å²) in [5.74, 6) is 1.34. The van der Waals surface area contributed by atoms with Crippen molar-refractivity contribution in [3.8, 4) is 0 Å². The van der Waals surface area contributed by atoms with Gasteiger partial charge in [0.2, 0.25) is 11.5 Å². The minimum Gasteiger partial charge on any atom is -0.462 e. The van der Waals surface area contributed by atoms with Crippen LogP contribution in [0.5, 0.6) is 0 Å². The van der Waals surface area contributed by atoms with Crippen molar-refractivity contribution >= 4 is 22.4 Å². The molecular formula is C20H20N2O3. The SMILES string of the molecule is CC(=CC(=O)N(C)Cc1cc(=O)[nH]c2ccccc12)c1ccc(C)o1. The summed E-state index contributed by atoms with van der Waals surface area (Å²) in [5.41, 5.74) is 2.17. The third kappa shape index (κ3) is 3.71. The second-order valence-electron chi connectivity index (χ2n) is 6.14. The molecule has 25 heavy (non-hydrogen) atoms. The van der Waals surface area contributed by atoms with Gasteiger partial charge >= 0.3 is 0 Å². The monoisotopic (exact) mass is 336 g/mol. The van der Waals surface area contributed by atoms with Gasteiger partial charge in [-0.1, -0.05) is 18.2 Å². The largest absolute Gasteiger partial charge is 0.462 e. The predicted octanol–water partition coefficient (Wildman–Crippen LogP) is 3.49. The van der Waals surface area contributed by atoms with Gasteiger partial charge in [-0.2, -0.15) is 0 Å². The van der Waals surface area contributed by atoms with Crippen LogP contribution in [0.1, 0.15) is 24.0 Å². The molecule has 0 saturated carbocycles. The highest BCUT2D eigenvalue weighted by Gasteiger charge is 2.12. The molecule has 0 spiro atoms. The summed E-state index contributed by atoms with van der Waals surface area (Å²) in [5, 5.41) is 0.934. The maximum absolute atomic E-state index is 12.5. The number of aromatic amines is 1. The molecule has 0 bridgehead atoms. The van der Waals surface area contributed by atoms with Gasteiger partial charge in [0, 0.05) is 36.6 Å². The van der Waals surface area contributed by atoms with Gasteiger partial charge in [-0.3, -0.25) is 9.59 Å². The van der Waals surface area contributed by atoms with Gasteiger partial charge in [0.25, 0.3) is 0 Å². The molecule has 0 fully saturated rings. The zero-order valence-electron chi connectivity index (χ0n) is 14.5. The molecule has 0 radical (unpaired) electrons. The molecule has 3 aromatic rings. The van der Waals surface area contributed by atoms with E-state index in [1.54, 1.807) is 24.1 Å². The summed E-state index contributed by atoms with van der Waals surface area (Å²) in [4.78, 5) is 28.7. The third-order valence-corrected chi connectivity index (χ3v) is 4.09. The number of hydrogen-bond acceptors (Lipinski definition) is 3. The van der Waals surface area contributed by atoms with E-state index in [1.807, 2.05) is 50.2 Å². The van der Waals surface area contributed by atoms with Crippen LogP contribution in [0.3, 0.4) is 0 Å². The number of H-pyrrole nitrogens is 1. The van der Waals surface area contributed by atoms with Crippen molar-refractivity contribution in [2.75, 3.05) is 7.05 Å². The minimum absolute atomic E-state index is 0.143. The van der Waals surface area contributed by atoms with Crippen molar-refractivity contribution < 1.29 is 9.21 Å². The van der Waals surface area contributed by atoms with E-state index in [-0.39, 0.29) is 11.5 Å². The van der Waals surface area contributed by atoms with Gasteiger partial charge in [0.1, 0.15) is 11.5 Å². The number of nitrogens with one attached hydrogen (secondary N) is 1. The van der Waals surface area contributed by atoms with Gasteiger partial charge < -0.3 is 14.3 Å². The first-order valence-electron chi connectivity index (χ1n) is 8.05. The number of carbonyl (C=O) groups is 1. The van der Waals surface area contributed by atoms with E-state index in [0.29, 0.717) is 12.3 Å². The molecule has 128 valence electrons. The number of benzene rings is 1. The van der Waals surface area contributed by atoms with Crippen molar-refractivity contribution in [3.05, 3.63) is 76.0 Å². The summed E-state index contributed by atoms with van der Waals surface area (Å²) in [6, 6.07) is 12.8. The Morgan fingerprint density at radius 2 is 2.00 bits per heavy atom. The maximum Gasteiger partial charge on any atom is 0.248 e. The van der Waals surface area contributed by atoms with E-state index in [2.05, 4.69) is 4.98 Å². The lowest BCUT2D eigenvalue weighted by molar-refractivity contribution is -0.125. The van der Waals surface area contributed by atoms with E-state index in [4.69, 9.17) is 4.42 Å². The number of furan rings is 1. The average molecular weight is 336 g/mol. The Kier molecular flexibility index (Phi) is 4.57. The Morgan fingerprint density at radius 1 is 1.24 bits per heavy atom. The summed E-state index contributed by atoms with van der Waals surface area (Å²) < 4.78 is 5.53. The Balaban J connectivity index is 1.84. The molecule has 5 heteroatoms. The first kappa shape index (κ1) is 16.8. The fraction of sp³-hybridized carbons (Fsp3) is 0.200. The van der Waals surface area contributed by atoms with Crippen LogP contribution in [0.25, 0.3) is 16.5 Å². The van der Waals surface area contributed by atoms with Crippen LogP contribution in [0.2, 0.25) is 0 Å². The number of hydrogen-bond donors (Lipinski definition) is 1. The maximum atomic E-state index is 12.5. The van der Waals surface area contributed by atoms with E-state index >= 15 is 0 Å². The summed E-state index contributed by atoms with van der Waals surface area (Å²) in [6.45, 7) is 4.06. The first-order chi connectivity index (χ1) is 11.9. The lowest BCUT2D eigenvalue weighted by Crippen LogP contribution is -2.25. The Bertz CT molecular complexity index is 1010. The lowest BCUT2D eigenvalue weighted by Gasteiger charge is -2.17. The molecule has 0 unspecified atom stereocenters. The summed E-state index contributed by atoms with van der Waals surface area (Å²) >= 11 is 0. The Labute approximate surface area is 145 Å². The van der Waals surface area contributed by atoms with Crippen molar-refractivity contribution in [3.63, 3.8) is 0 Å². The second kappa shape index (κ2) is 6.81. The number of fused-ring (bicyclic) bond motifs is 1. The lowest BCUT2D eigenvalue weighted by atomic mass is 10.1. The molecule has 3 rings (SSSR count). The number of allylic oxidation sites excluding steroid dienone is 1. The molecule has 2 heterocycles. The molecule has 1 N–H and O–H groups in total. The highest BCUT2D eigenvalue weighted by Crippen LogP contribution is 2.19. The topological polar surface area (TPSA) is 66.3 Å². The van der Waals surface area contributed by atoms with Crippen molar-refractivity contribution in [2.45, 2.75) is 20.4 Å². The third-order valence-electron chi connectivity index (χ3n) is 4.09. The van der Waals surface area contributed by atoms with E-state index in [9.17, 15) is 9.59 Å². The number of pyridine rings is 1. The van der Waals surface area contributed by atoms with Crippen LogP contribution in [-0.2, 0) is 11.3 Å². The normalized spacial score (nSPS) is 11.7. The van der Waals surface area contributed by atoms with Crippen LogP contribution in [0.15, 0.2) is 57.8 Å². The van der Waals surface area contributed by atoms with Crippen LogP contribution in [0.4, 0.5) is 0 Å². The Hall–Kier alpha value is -3.08. The first-order valence-corrected chi connectivity index (χ1v) is 8.05. The molecule has 2 aromatic heterocycles. The van der Waals surface area contributed by atoms with Crippen LogP contribution in [-0.4, -0.2) is 22.8 Å². The molecule has 0 aliphatic rings. The summed E-state index contributed by atoms with van der Waals surface area (Å²) in [6.07, 6.45) is 1.55. The number of nitrogens with zero attached hydrogens (tertiary/aromatic N) is 1. The van der Waals surface area contributed by atoms with Crippen molar-refractivity contribution in [2.24, 2.45) is 0 Å². The smallest absolute Gasteiger partial charge is 0.248 e. The van der Waals surface area contributed by atoms with Crippen LogP contribution in [0, 0.1) is 6.92 Å². The molecule has 0 saturated heterocycles. The van der Waals surface area contributed by atoms with Crippen LogP contribution >= 0.6 is 0 Å². The quantitative estimate of drug-likeness (QED) is 0.742. The van der Waals surface area contributed by atoms with E-state index in [0.717, 1.165) is 27.8 Å². The Morgan fingerprint density at radius 3 is 2.72 bits per heavy atom. The van der Waals surface area contributed by atoms with E-state index in [1.165, 1.54) is 0 Å². The fourth-order valence-electron chi connectivity index (χ4n) is 2.75. The van der Waals surface area contributed by atoms with Gasteiger partial charge in [-0.25, -0.2) is 0 Å². The number of carbonyl (C=O) groups excluding carboxylic acids is 1. The average Bonchev–Trinajstić information content (AvgIpc) is 3.01. The molecule has 0 atom stereocenters. The van der Waals surface area contributed by atoms with Gasteiger partial charge in [-0.05, 0) is 43.2 Å². The second-order valence-corrected chi connectivity index (χ2v) is 6.14. The van der Waals surface area contributed by atoms with Crippen molar-refractivity contribution in [1.29, 1.82) is 0 Å². The number of aryl methyl sites for hydroxylation is 1. The molecule has 5 nitrogen and oxygen atoms in total.